The fraction of sp³-hybridized carbons (Fsp3) is 0.0833. The van der Waals surface area contributed by atoms with Crippen molar-refractivity contribution in [2.75, 3.05) is 7.11 Å². The molecule has 0 N–H and O–H groups in total. The second kappa shape index (κ2) is 9.30. The Morgan fingerprint density at radius 2 is 1.87 bits per heavy atom. The third kappa shape index (κ3) is 5.11. The van der Waals surface area contributed by atoms with Crippen molar-refractivity contribution in [1.82, 2.24) is 0 Å². The van der Waals surface area contributed by atoms with Gasteiger partial charge in [0, 0.05) is 9.13 Å². The zero-order valence-electron chi connectivity index (χ0n) is 16.5. The van der Waals surface area contributed by atoms with Crippen LogP contribution in [0.3, 0.4) is 0 Å². The van der Waals surface area contributed by atoms with E-state index in [2.05, 4.69) is 27.6 Å². The highest BCUT2D eigenvalue weighted by atomic mass is 127. The minimum atomic E-state index is -0.515. The quantitative estimate of drug-likeness (QED) is 0.245. The molecule has 0 radical (unpaired) electrons. The van der Waals surface area contributed by atoms with E-state index in [1.165, 1.54) is 19.2 Å². The summed E-state index contributed by atoms with van der Waals surface area (Å²) in [5.74, 6) is 0.433. The molecule has 0 unspecified atom stereocenters. The van der Waals surface area contributed by atoms with Crippen molar-refractivity contribution in [3.63, 3.8) is 0 Å². The van der Waals surface area contributed by atoms with E-state index in [1.807, 2.05) is 24.3 Å². The number of esters is 1. The molecule has 0 aromatic heterocycles. The molecular formula is C24H17FINO4. The van der Waals surface area contributed by atoms with Crippen LogP contribution >= 0.6 is 22.6 Å². The SMILES string of the molecule is COc1cc(/C=C2\N=C(c3ccc(I)cc3)OC2=O)ccc1OCc1cccc(F)c1. The number of rotatable bonds is 6. The molecule has 0 bridgehead atoms. The van der Waals surface area contributed by atoms with Crippen molar-refractivity contribution in [1.29, 1.82) is 0 Å². The van der Waals surface area contributed by atoms with Crippen LogP contribution in [0.25, 0.3) is 6.08 Å². The third-order valence-electron chi connectivity index (χ3n) is 4.49. The van der Waals surface area contributed by atoms with Crippen molar-refractivity contribution < 1.29 is 23.4 Å². The lowest BCUT2D eigenvalue weighted by Crippen LogP contribution is -2.05. The van der Waals surface area contributed by atoms with Gasteiger partial charge in [0.15, 0.2) is 17.2 Å². The van der Waals surface area contributed by atoms with Gasteiger partial charge in [-0.05, 0) is 88.3 Å². The van der Waals surface area contributed by atoms with E-state index in [0.717, 1.165) is 9.13 Å². The van der Waals surface area contributed by atoms with E-state index < -0.39 is 5.97 Å². The average Bonchev–Trinajstić information content (AvgIpc) is 3.13. The lowest BCUT2D eigenvalue weighted by Gasteiger charge is -2.11. The number of methoxy groups -OCH3 is 1. The van der Waals surface area contributed by atoms with Gasteiger partial charge in [-0.1, -0.05) is 18.2 Å². The molecule has 0 aliphatic carbocycles. The maximum absolute atomic E-state index is 13.3. The Hall–Kier alpha value is -3.20. The Kier molecular flexibility index (Phi) is 6.31. The van der Waals surface area contributed by atoms with Crippen LogP contribution in [-0.2, 0) is 16.1 Å². The predicted octanol–water partition coefficient (Wildman–Crippen LogP) is 5.36. The van der Waals surface area contributed by atoms with Gasteiger partial charge in [-0.3, -0.25) is 0 Å². The molecule has 7 heteroatoms. The number of halogens is 2. The normalized spacial score (nSPS) is 14.4. The highest BCUT2D eigenvalue weighted by Gasteiger charge is 2.24. The largest absolute Gasteiger partial charge is 0.493 e. The van der Waals surface area contributed by atoms with Crippen molar-refractivity contribution in [3.8, 4) is 11.5 Å². The molecule has 0 saturated heterocycles. The molecule has 1 aliphatic heterocycles. The lowest BCUT2D eigenvalue weighted by molar-refractivity contribution is -0.129. The van der Waals surface area contributed by atoms with E-state index in [1.54, 1.807) is 36.4 Å². The van der Waals surface area contributed by atoms with E-state index in [9.17, 15) is 9.18 Å². The van der Waals surface area contributed by atoms with E-state index in [0.29, 0.717) is 22.6 Å². The summed E-state index contributed by atoms with van der Waals surface area (Å²) >= 11 is 2.20. The molecular weight excluding hydrogens is 512 g/mol. The molecule has 0 saturated carbocycles. The maximum atomic E-state index is 13.3. The van der Waals surface area contributed by atoms with Crippen molar-refractivity contribution in [2.24, 2.45) is 4.99 Å². The van der Waals surface area contributed by atoms with Crippen LogP contribution in [0, 0.1) is 9.39 Å². The number of nitrogens with zero attached hydrogens (tertiary/aromatic N) is 1. The first-order valence-electron chi connectivity index (χ1n) is 9.35. The Bertz CT molecular complexity index is 1190. The number of cyclic esters (lactones) is 1. The molecule has 0 atom stereocenters. The molecule has 0 spiro atoms. The molecule has 3 aromatic carbocycles. The van der Waals surface area contributed by atoms with Crippen LogP contribution in [0.15, 0.2) is 77.4 Å². The number of aliphatic imine (C=N–C) groups is 1. The van der Waals surface area contributed by atoms with Gasteiger partial charge in [0.2, 0.25) is 5.90 Å². The van der Waals surface area contributed by atoms with Crippen LogP contribution in [0.1, 0.15) is 16.7 Å². The van der Waals surface area contributed by atoms with Gasteiger partial charge in [0.05, 0.1) is 7.11 Å². The summed E-state index contributed by atoms with van der Waals surface area (Å²) in [6.45, 7) is 0.199. The zero-order chi connectivity index (χ0) is 21.8. The number of carbonyl (C=O) groups excluding carboxylic acids is 1. The summed E-state index contributed by atoms with van der Waals surface area (Å²) < 4.78 is 30.9. The van der Waals surface area contributed by atoms with Crippen LogP contribution in [0.5, 0.6) is 11.5 Å². The van der Waals surface area contributed by atoms with Crippen LogP contribution in [0.2, 0.25) is 0 Å². The van der Waals surface area contributed by atoms with Gasteiger partial charge in [-0.15, -0.1) is 0 Å². The molecule has 0 fully saturated rings. The summed E-state index contributed by atoms with van der Waals surface area (Å²) in [5.41, 5.74) is 2.34. The van der Waals surface area contributed by atoms with E-state index in [4.69, 9.17) is 14.2 Å². The first kappa shape index (κ1) is 21.0. The van der Waals surface area contributed by atoms with Gasteiger partial charge in [-0.2, -0.15) is 0 Å². The van der Waals surface area contributed by atoms with Crippen molar-refractivity contribution in [2.45, 2.75) is 6.61 Å². The summed E-state index contributed by atoms with van der Waals surface area (Å²) in [6, 6.07) is 19.0. The molecule has 1 heterocycles. The first-order chi connectivity index (χ1) is 15.0. The zero-order valence-corrected chi connectivity index (χ0v) is 18.6. The van der Waals surface area contributed by atoms with E-state index in [-0.39, 0.29) is 24.0 Å². The van der Waals surface area contributed by atoms with Crippen molar-refractivity contribution in [3.05, 3.63) is 98.5 Å². The maximum Gasteiger partial charge on any atom is 0.363 e. The molecule has 156 valence electrons. The van der Waals surface area contributed by atoms with Gasteiger partial charge < -0.3 is 14.2 Å². The average molecular weight is 529 g/mol. The third-order valence-corrected chi connectivity index (χ3v) is 5.21. The highest BCUT2D eigenvalue weighted by molar-refractivity contribution is 14.1. The Balaban J connectivity index is 1.53. The van der Waals surface area contributed by atoms with Crippen LogP contribution in [0.4, 0.5) is 4.39 Å². The number of carbonyl (C=O) groups is 1. The van der Waals surface area contributed by atoms with Gasteiger partial charge in [0.1, 0.15) is 12.4 Å². The van der Waals surface area contributed by atoms with Crippen molar-refractivity contribution >= 4 is 40.5 Å². The van der Waals surface area contributed by atoms with Gasteiger partial charge in [0.25, 0.3) is 0 Å². The monoisotopic (exact) mass is 529 g/mol. The molecule has 0 amide bonds. The predicted molar refractivity (Wildman–Crippen MR) is 123 cm³/mol. The van der Waals surface area contributed by atoms with Crippen LogP contribution < -0.4 is 9.47 Å². The smallest absolute Gasteiger partial charge is 0.363 e. The fourth-order valence-corrected chi connectivity index (χ4v) is 3.32. The Morgan fingerprint density at radius 1 is 1.06 bits per heavy atom. The Morgan fingerprint density at radius 3 is 2.61 bits per heavy atom. The minimum Gasteiger partial charge on any atom is -0.493 e. The fourth-order valence-electron chi connectivity index (χ4n) is 2.96. The molecule has 4 rings (SSSR count). The number of ether oxygens (including phenoxy) is 3. The number of hydrogen-bond donors (Lipinski definition) is 0. The van der Waals surface area contributed by atoms with E-state index >= 15 is 0 Å². The topological polar surface area (TPSA) is 57.1 Å². The van der Waals surface area contributed by atoms with Gasteiger partial charge in [-0.25, -0.2) is 14.2 Å². The second-order valence-electron chi connectivity index (χ2n) is 6.67. The van der Waals surface area contributed by atoms with Gasteiger partial charge >= 0.3 is 5.97 Å². The summed E-state index contributed by atoms with van der Waals surface area (Å²) in [5, 5.41) is 0. The molecule has 3 aromatic rings. The lowest BCUT2D eigenvalue weighted by atomic mass is 10.1. The summed E-state index contributed by atoms with van der Waals surface area (Å²) in [7, 11) is 1.53. The first-order valence-corrected chi connectivity index (χ1v) is 10.4. The number of benzene rings is 3. The standard InChI is InChI=1S/C24H17FINO4/c1-29-22-13-15(5-10-21(22)30-14-16-3-2-4-18(25)11-16)12-20-24(28)31-23(27-20)17-6-8-19(26)9-7-17/h2-13H,14H2,1H3/b20-12-. The molecule has 1 aliphatic rings. The number of hydrogen-bond acceptors (Lipinski definition) is 5. The molecule has 5 nitrogen and oxygen atoms in total. The Labute approximate surface area is 192 Å². The summed E-state index contributed by atoms with van der Waals surface area (Å²) in [4.78, 5) is 16.6. The molecule has 31 heavy (non-hydrogen) atoms. The second-order valence-corrected chi connectivity index (χ2v) is 7.92. The minimum absolute atomic E-state index is 0.198. The summed E-state index contributed by atoms with van der Waals surface area (Å²) in [6.07, 6.45) is 1.63. The van der Waals surface area contributed by atoms with Crippen LogP contribution in [-0.4, -0.2) is 19.0 Å². The highest BCUT2D eigenvalue weighted by Crippen LogP contribution is 2.30.